The van der Waals surface area contributed by atoms with Crippen LogP contribution in [-0.2, 0) is 25.7 Å². The lowest BCUT2D eigenvalue weighted by molar-refractivity contribution is -0.152. The summed E-state index contributed by atoms with van der Waals surface area (Å²) in [5.74, 6) is -2.81. The summed E-state index contributed by atoms with van der Waals surface area (Å²) in [4.78, 5) is 48.5. The number of aliphatic hydroxyl groups is 1. The molecule has 1 unspecified atom stereocenters. The van der Waals surface area contributed by atoms with E-state index in [9.17, 15) is 19.5 Å². The van der Waals surface area contributed by atoms with Crippen LogP contribution in [0.2, 0.25) is 5.02 Å². The van der Waals surface area contributed by atoms with E-state index in [0.717, 1.165) is 5.56 Å². The fraction of sp³-hybridized carbons (Fsp3) is 0.424. The van der Waals surface area contributed by atoms with Crippen molar-refractivity contribution in [2.45, 2.75) is 50.6 Å². The Hall–Kier alpha value is -3.46. The van der Waals surface area contributed by atoms with Crippen molar-refractivity contribution in [2.75, 3.05) is 24.6 Å². The summed E-state index contributed by atoms with van der Waals surface area (Å²) >= 11 is 6.13. The standard InChI is InChI=1S/C33H36ClN3O5/c1-21(2)25(20-38)37-28-31(41)36(24-13-11-23(34)12-14-24)18-8-16-33(28)27(30(37)40)26-29(39)35(17-7-15-32(26,3)42-33)19-22-9-5-4-6-10-22/h4-16,21,25-28,38H,17-20H2,1-3H3/t25-,26-,27-,28?,32+,33-/m0/s1. The largest absolute Gasteiger partial charge is 0.394 e. The summed E-state index contributed by atoms with van der Waals surface area (Å²) in [5, 5.41) is 11.0. The number of amides is 3. The van der Waals surface area contributed by atoms with Crippen molar-refractivity contribution < 1.29 is 24.2 Å². The number of hydrogen-bond acceptors (Lipinski definition) is 5. The van der Waals surface area contributed by atoms with Crippen LogP contribution in [0.3, 0.4) is 0 Å². The number of hydrogen-bond donors (Lipinski definition) is 1. The van der Waals surface area contributed by atoms with Crippen LogP contribution in [0.1, 0.15) is 26.3 Å². The van der Waals surface area contributed by atoms with Crippen LogP contribution >= 0.6 is 11.6 Å². The van der Waals surface area contributed by atoms with Gasteiger partial charge in [0.1, 0.15) is 11.6 Å². The van der Waals surface area contributed by atoms with Crippen molar-refractivity contribution in [3.05, 3.63) is 89.5 Å². The Morgan fingerprint density at radius 2 is 1.62 bits per heavy atom. The number of benzene rings is 2. The molecule has 2 aromatic carbocycles. The van der Waals surface area contributed by atoms with Gasteiger partial charge in [0.15, 0.2) is 0 Å². The van der Waals surface area contributed by atoms with Gasteiger partial charge in [-0.25, -0.2) is 0 Å². The highest BCUT2D eigenvalue weighted by molar-refractivity contribution is 6.30. The van der Waals surface area contributed by atoms with Crippen LogP contribution in [0.4, 0.5) is 5.69 Å². The zero-order valence-corrected chi connectivity index (χ0v) is 24.8. The molecule has 4 heterocycles. The van der Waals surface area contributed by atoms with Crippen LogP contribution < -0.4 is 4.90 Å². The first kappa shape index (κ1) is 28.6. The Bertz CT molecular complexity index is 1440. The van der Waals surface area contributed by atoms with Crippen molar-refractivity contribution in [2.24, 2.45) is 17.8 Å². The third-order valence-electron chi connectivity index (χ3n) is 9.25. The number of ether oxygens (including phenoxy) is 1. The maximum absolute atomic E-state index is 14.6. The van der Waals surface area contributed by atoms with E-state index in [1.165, 1.54) is 4.90 Å². The SMILES string of the molecule is CC(C)[C@H](CO)N1C(=O)[C@@H]2[C@H]3C(=O)N(Cc4ccccc4)CC=C[C@@]3(C)O[C@@]23C=CCN(c2ccc(Cl)cc2)C(=O)C13. The van der Waals surface area contributed by atoms with Crippen LogP contribution in [-0.4, -0.2) is 75.6 Å². The first-order chi connectivity index (χ1) is 20.1. The van der Waals surface area contributed by atoms with Gasteiger partial charge in [0, 0.05) is 30.3 Å². The second-order valence-corrected chi connectivity index (χ2v) is 12.6. The number of carbonyl (C=O) groups is 3. The number of anilines is 1. The van der Waals surface area contributed by atoms with Gasteiger partial charge in [-0.1, -0.05) is 80.1 Å². The second-order valence-electron chi connectivity index (χ2n) is 12.2. The van der Waals surface area contributed by atoms with Crippen molar-refractivity contribution in [1.82, 2.24) is 9.80 Å². The lowest BCUT2D eigenvalue weighted by Gasteiger charge is -2.41. The molecule has 2 aromatic rings. The topological polar surface area (TPSA) is 90.4 Å². The van der Waals surface area contributed by atoms with Gasteiger partial charge in [0.2, 0.25) is 11.8 Å². The molecule has 2 saturated heterocycles. The van der Waals surface area contributed by atoms with Gasteiger partial charge in [0.25, 0.3) is 5.91 Å². The highest BCUT2D eigenvalue weighted by Crippen LogP contribution is 2.58. The molecule has 3 amide bonds. The molecule has 1 N–H and O–H groups in total. The quantitative estimate of drug-likeness (QED) is 0.517. The minimum absolute atomic E-state index is 0.149. The number of rotatable bonds is 6. The summed E-state index contributed by atoms with van der Waals surface area (Å²) in [6.07, 6.45) is 7.48. The average Bonchev–Trinajstić information content (AvgIpc) is 3.23. The van der Waals surface area contributed by atoms with Crippen LogP contribution in [0.15, 0.2) is 78.9 Å². The van der Waals surface area contributed by atoms with E-state index in [1.54, 1.807) is 34.1 Å². The fourth-order valence-electron chi connectivity index (χ4n) is 7.29. The van der Waals surface area contributed by atoms with E-state index in [1.807, 2.05) is 75.4 Å². The van der Waals surface area contributed by atoms with Gasteiger partial charge in [-0.15, -0.1) is 0 Å². The van der Waals surface area contributed by atoms with E-state index in [4.69, 9.17) is 16.3 Å². The van der Waals surface area contributed by atoms with Gasteiger partial charge < -0.3 is 24.5 Å². The predicted molar refractivity (Wildman–Crippen MR) is 159 cm³/mol. The van der Waals surface area contributed by atoms with Gasteiger partial charge in [0.05, 0.1) is 30.1 Å². The minimum Gasteiger partial charge on any atom is -0.394 e. The van der Waals surface area contributed by atoms with Crippen molar-refractivity contribution in [1.29, 1.82) is 0 Å². The predicted octanol–water partition coefficient (Wildman–Crippen LogP) is 3.83. The molecule has 4 aliphatic heterocycles. The number of likely N-dealkylation sites (tertiary alicyclic amines) is 1. The molecule has 4 aliphatic rings. The molecular weight excluding hydrogens is 554 g/mol. The molecule has 0 aliphatic carbocycles. The fourth-order valence-corrected chi connectivity index (χ4v) is 7.41. The molecule has 1 spiro atoms. The Balaban J connectivity index is 1.47. The number of nitrogens with zero attached hydrogens (tertiary/aromatic N) is 3. The van der Waals surface area contributed by atoms with Crippen molar-refractivity contribution in [3.63, 3.8) is 0 Å². The average molecular weight is 590 g/mol. The number of fused-ring (bicyclic) bond motifs is 2. The molecule has 42 heavy (non-hydrogen) atoms. The normalized spacial score (nSPS) is 31.2. The first-order valence-corrected chi connectivity index (χ1v) is 14.9. The van der Waals surface area contributed by atoms with Crippen molar-refractivity contribution in [3.8, 4) is 0 Å². The van der Waals surface area contributed by atoms with Crippen LogP contribution in [0.5, 0.6) is 0 Å². The van der Waals surface area contributed by atoms with E-state index in [2.05, 4.69) is 0 Å². The maximum Gasteiger partial charge on any atom is 0.253 e. The zero-order chi connectivity index (χ0) is 29.8. The summed E-state index contributed by atoms with van der Waals surface area (Å²) in [7, 11) is 0. The molecule has 0 radical (unpaired) electrons. The molecule has 0 saturated carbocycles. The Morgan fingerprint density at radius 3 is 2.29 bits per heavy atom. The molecule has 220 valence electrons. The van der Waals surface area contributed by atoms with Gasteiger partial charge in [-0.3, -0.25) is 14.4 Å². The van der Waals surface area contributed by atoms with E-state index in [-0.39, 0.29) is 36.8 Å². The number of aliphatic hydroxyl groups excluding tert-OH is 1. The van der Waals surface area contributed by atoms with E-state index >= 15 is 0 Å². The van der Waals surface area contributed by atoms with Gasteiger partial charge in [-0.2, -0.15) is 0 Å². The minimum atomic E-state index is -1.40. The highest BCUT2D eigenvalue weighted by Gasteiger charge is 2.75. The number of halogens is 1. The summed E-state index contributed by atoms with van der Waals surface area (Å²) in [6.45, 7) is 6.37. The summed E-state index contributed by atoms with van der Waals surface area (Å²) < 4.78 is 6.91. The van der Waals surface area contributed by atoms with Crippen LogP contribution in [0.25, 0.3) is 0 Å². The smallest absolute Gasteiger partial charge is 0.253 e. The maximum atomic E-state index is 14.6. The second kappa shape index (κ2) is 10.7. The Labute approximate surface area is 251 Å². The summed E-state index contributed by atoms with van der Waals surface area (Å²) in [6, 6.07) is 15.0. The molecule has 6 rings (SSSR count). The molecule has 0 aromatic heterocycles. The molecule has 9 heteroatoms. The molecule has 2 fully saturated rings. The molecule has 8 nitrogen and oxygen atoms in total. The first-order valence-electron chi connectivity index (χ1n) is 14.5. The van der Waals surface area contributed by atoms with Gasteiger partial charge in [-0.05, 0) is 42.7 Å². The third kappa shape index (κ3) is 4.39. The lowest BCUT2D eigenvalue weighted by atomic mass is 9.74. The summed E-state index contributed by atoms with van der Waals surface area (Å²) in [5.41, 5.74) is -0.889. The van der Waals surface area contributed by atoms with Crippen LogP contribution in [0, 0.1) is 17.8 Å². The Morgan fingerprint density at radius 1 is 0.929 bits per heavy atom. The number of carbonyl (C=O) groups excluding carboxylic acids is 3. The molecule has 0 bridgehead atoms. The zero-order valence-electron chi connectivity index (χ0n) is 24.0. The third-order valence-corrected chi connectivity index (χ3v) is 9.50. The van der Waals surface area contributed by atoms with Crippen molar-refractivity contribution >= 4 is 35.0 Å². The lowest BCUT2D eigenvalue weighted by Crippen LogP contribution is -2.59. The Kier molecular flexibility index (Phi) is 7.28. The van der Waals surface area contributed by atoms with Gasteiger partial charge >= 0.3 is 0 Å². The van der Waals surface area contributed by atoms with E-state index < -0.39 is 35.1 Å². The molecular formula is C33H36ClN3O5. The van der Waals surface area contributed by atoms with E-state index in [0.29, 0.717) is 23.8 Å². The monoisotopic (exact) mass is 589 g/mol. The molecule has 6 atom stereocenters. The highest BCUT2D eigenvalue weighted by atomic mass is 35.5.